The van der Waals surface area contributed by atoms with Gasteiger partial charge in [-0.15, -0.1) is 0 Å². The third kappa shape index (κ3) is 1.95. The van der Waals surface area contributed by atoms with E-state index in [1.165, 1.54) is 0 Å². The summed E-state index contributed by atoms with van der Waals surface area (Å²) in [6.07, 6.45) is 0.387. The van der Waals surface area contributed by atoms with Gasteiger partial charge in [0.2, 0.25) is 0 Å². The number of aromatic amines is 1. The second-order valence-electron chi connectivity index (χ2n) is 3.67. The Morgan fingerprint density at radius 1 is 1.47 bits per heavy atom. The Morgan fingerprint density at radius 3 is 2.87 bits per heavy atom. The molecule has 0 aliphatic carbocycles. The minimum Gasteiger partial charge on any atom is -0.326 e. The summed E-state index contributed by atoms with van der Waals surface area (Å²) in [5, 5.41) is 0. The van der Waals surface area contributed by atoms with Crippen molar-refractivity contribution in [2.45, 2.75) is 18.7 Å². The lowest BCUT2D eigenvalue weighted by Crippen LogP contribution is -2.26. The highest BCUT2D eigenvalue weighted by Gasteiger charge is 2.22. The molecule has 2 heterocycles. The summed E-state index contributed by atoms with van der Waals surface area (Å²) < 4.78 is 22.7. The summed E-state index contributed by atoms with van der Waals surface area (Å²) in [6.45, 7) is 0.128. The van der Waals surface area contributed by atoms with Crippen LogP contribution in [0.15, 0.2) is 10.9 Å². The van der Waals surface area contributed by atoms with Gasteiger partial charge in [0.25, 0.3) is 5.56 Å². The van der Waals surface area contributed by atoms with E-state index in [9.17, 15) is 13.2 Å². The summed E-state index contributed by atoms with van der Waals surface area (Å²) >= 11 is 0. The molecule has 0 spiro atoms. The minimum atomic E-state index is -3.00. The van der Waals surface area contributed by atoms with Gasteiger partial charge in [0, 0.05) is 24.2 Å². The number of hydrogen-bond donors (Lipinski definition) is 2. The quantitative estimate of drug-likeness (QED) is 0.665. The van der Waals surface area contributed by atoms with E-state index in [4.69, 9.17) is 5.73 Å². The van der Waals surface area contributed by atoms with E-state index in [1.54, 1.807) is 6.07 Å². The molecule has 0 atom stereocenters. The summed E-state index contributed by atoms with van der Waals surface area (Å²) in [5.74, 6) is 0.115. The fourth-order valence-electron chi connectivity index (χ4n) is 1.73. The van der Waals surface area contributed by atoms with Crippen molar-refractivity contribution < 1.29 is 8.42 Å². The van der Waals surface area contributed by atoms with Gasteiger partial charge in [-0.25, -0.2) is 8.42 Å². The molecule has 15 heavy (non-hydrogen) atoms. The standard InChI is InChI=1S/C9H12N2O3S/c10-4-6-3-7-5-15(13,14)2-1-8(7)11-9(6)12/h3H,1-2,4-5,10H2,(H,11,12). The van der Waals surface area contributed by atoms with Crippen LogP contribution in [0.2, 0.25) is 0 Å². The van der Waals surface area contributed by atoms with Gasteiger partial charge in [-0.2, -0.15) is 0 Å². The lowest BCUT2D eigenvalue weighted by molar-refractivity contribution is 0.590. The van der Waals surface area contributed by atoms with Gasteiger partial charge < -0.3 is 10.7 Å². The number of hydrogen-bond acceptors (Lipinski definition) is 4. The monoisotopic (exact) mass is 228 g/mol. The topological polar surface area (TPSA) is 93.0 Å². The molecule has 2 rings (SSSR count). The third-order valence-corrected chi connectivity index (χ3v) is 4.13. The van der Waals surface area contributed by atoms with Gasteiger partial charge in [0.05, 0.1) is 11.5 Å². The van der Waals surface area contributed by atoms with Crippen molar-refractivity contribution in [1.29, 1.82) is 0 Å². The van der Waals surface area contributed by atoms with Crippen molar-refractivity contribution in [3.05, 3.63) is 33.2 Å². The number of pyridine rings is 1. The second kappa shape index (κ2) is 3.46. The van der Waals surface area contributed by atoms with Gasteiger partial charge >= 0.3 is 0 Å². The van der Waals surface area contributed by atoms with Crippen LogP contribution >= 0.6 is 0 Å². The summed E-state index contributed by atoms with van der Waals surface area (Å²) in [6, 6.07) is 1.60. The van der Waals surface area contributed by atoms with Crippen molar-refractivity contribution in [2.24, 2.45) is 5.73 Å². The Bertz CT molecular complexity index is 545. The van der Waals surface area contributed by atoms with Crippen LogP contribution in [0.25, 0.3) is 0 Å². The largest absolute Gasteiger partial charge is 0.326 e. The SMILES string of the molecule is NCc1cc2c([nH]c1=O)CCS(=O)(=O)C2. The Balaban J connectivity index is 2.56. The fraction of sp³-hybridized carbons (Fsp3) is 0.444. The number of H-pyrrole nitrogens is 1. The van der Waals surface area contributed by atoms with Crippen LogP contribution in [0, 0.1) is 0 Å². The van der Waals surface area contributed by atoms with E-state index in [0.717, 1.165) is 5.69 Å². The van der Waals surface area contributed by atoms with E-state index >= 15 is 0 Å². The molecule has 1 aromatic rings. The summed E-state index contributed by atoms with van der Waals surface area (Å²) in [7, 11) is -3.00. The van der Waals surface area contributed by atoms with E-state index in [2.05, 4.69) is 4.98 Å². The Labute approximate surface area is 87.2 Å². The molecular formula is C9H12N2O3S. The van der Waals surface area contributed by atoms with Crippen molar-refractivity contribution in [3.8, 4) is 0 Å². The van der Waals surface area contributed by atoms with E-state index in [-0.39, 0.29) is 23.6 Å². The van der Waals surface area contributed by atoms with Crippen LogP contribution in [-0.4, -0.2) is 19.2 Å². The first-order valence-electron chi connectivity index (χ1n) is 4.66. The van der Waals surface area contributed by atoms with Gasteiger partial charge in [0.1, 0.15) is 0 Å². The van der Waals surface area contributed by atoms with Crippen molar-refractivity contribution in [3.63, 3.8) is 0 Å². The zero-order valence-electron chi connectivity index (χ0n) is 8.12. The van der Waals surface area contributed by atoms with Crippen LogP contribution in [0.5, 0.6) is 0 Å². The third-order valence-electron chi connectivity index (χ3n) is 2.55. The average Bonchev–Trinajstić information content (AvgIpc) is 2.17. The van der Waals surface area contributed by atoms with Crippen molar-refractivity contribution in [2.75, 3.05) is 5.75 Å². The molecule has 6 heteroatoms. The van der Waals surface area contributed by atoms with Crippen LogP contribution in [0.1, 0.15) is 16.8 Å². The molecule has 0 unspecified atom stereocenters. The first-order chi connectivity index (χ1) is 7.02. The molecule has 5 nitrogen and oxygen atoms in total. The molecule has 0 fully saturated rings. The predicted molar refractivity (Wildman–Crippen MR) is 56.1 cm³/mol. The van der Waals surface area contributed by atoms with Crippen LogP contribution in [-0.2, 0) is 28.6 Å². The highest BCUT2D eigenvalue weighted by Crippen LogP contribution is 2.18. The Morgan fingerprint density at radius 2 is 2.20 bits per heavy atom. The van der Waals surface area contributed by atoms with Crippen molar-refractivity contribution >= 4 is 9.84 Å². The molecule has 0 bridgehead atoms. The minimum absolute atomic E-state index is 0.00606. The number of sulfone groups is 1. The summed E-state index contributed by atoms with van der Waals surface area (Å²) in [4.78, 5) is 14.1. The number of nitrogens with one attached hydrogen (secondary N) is 1. The number of rotatable bonds is 1. The first-order valence-corrected chi connectivity index (χ1v) is 6.48. The normalized spacial score (nSPS) is 18.5. The maximum Gasteiger partial charge on any atom is 0.252 e. The average molecular weight is 228 g/mol. The summed E-state index contributed by atoms with van der Waals surface area (Å²) in [5.41, 5.74) is 7.02. The van der Waals surface area contributed by atoms with Gasteiger partial charge in [-0.1, -0.05) is 0 Å². The lowest BCUT2D eigenvalue weighted by Gasteiger charge is -2.16. The molecule has 1 aliphatic rings. The fourth-order valence-corrected chi connectivity index (χ4v) is 3.12. The first kappa shape index (κ1) is 10.4. The molecule has 1 aliphatic heterocycles. The zero-order chi connectivity index (χ0) is 11.1. The smallest absolute Gasteiger partial charge is 0.252 e. The van der Waals surface area contributed by atoms with Gasteiger partial charge in [-0.05, 0) is 11.6 Å². The molecule has 82 valence electrons. The van der Waals surface area contributed by atoms with Gasteiger partial charge in [-0.3, -0.25) is 4.79 Å². The molecular weight excluding hydrogens is 216 g/mol. The Kier molecular flexibility index (Phi) is 2.40. The molecule has 1 aromatic heterocycles. The number of aryl methyl sites for hydroxylation is 1. The van der Waals surface area contributed by atoms with Gasteiger partial charge in [0.15, 0.2) is 9.84 Å². The van der Waals surface area contributed by atoms with Crippen LogP contribution in [0.4, 0.5) is 0 Å². The van der Waals surface area contributed by atoms with E-state index in [0.29, 0.717) is 17.5 Å². The number of aromatic nitrogens is 1. The van der Waals surface area contributed by atoms with E-state index < -0.39 is 9.84 Å². The van der Waals surface area contributed by atoms with Crippen molar-refractivity contribution in [1.82, 2.24) is 4.98 Å². The van der Waals surface area contributed by atoms with E-state index in [1.807, 2.05) is 0 Å². The highest BCUT2D eigenvalue weighted by atomic mass is 32.2. The van der Waals surface area contributed by atoms with Crippen LogP contribution in [0.3, 0.4) is 0 Å². The lowest BCUT2D eigenvalue weighted by atomic mass is 10.1. The highest BCUT2D eigenvalue weighted by molar-refractivity contribution is 7.90. The maximum atomic E-state index is 11.4. The molecule has 0 amide bonds. The molecule has 0 saturated carbocycles. The molecule has 3 N–H and O–H groups in total. The zero-order valence-corrected chi connectivity index (χ0v) is 8.93. The van der Waals surface area contributed by atoms with Crippen LogP contribution < -0.4 is 11.3 Å². The second-order valence-corrected chi connectivity index (χ2v) is 5.86. The Hall–Kier alpha value is -1.14. The number of fused-ring (bicyclic) bond motifs is 1. The molecule has 0 aromatic carbocycles. The molecule has 0 radical (unpaired) electrons. The number of nitrogens with two attached hydrogens (primary N) is 1. The maximum absolute atomic E-state index is 11.4. The predicted octanol–water partition coefficient (Wildman–Crippen LogP) is -0.696. The molecule has 0 saturated heterocycles.